The van der Waals surface area contributed by atoms with Crippen LogP contribution in [0.1, 0.15) is 68.7 Å². The van der Waals surface area contributed by atoms with E-state index in [2.05, 4.69) is 18.5 Å². The fourth-order valence-corrected chi connectivity index (χ4v) is 8.29. The third-order valence-electron chi connectivity index (χ3n) is 10.4. The third kappa shape index (κ3) is 7.01. The van der Waals surface area contributed by atoms with Crippen molar-refractivity contribution in [3.8, 4) is 0 Å². The number of carbonyl (C=O) groups is 4. The van der Waals surface area contributed by atoms with Crippen molar-refractivity contribution >= 4 is 29.4 Å². The molecular formula is C40H51N3O7. The Bertz CT molecular complexity index is 1570. The molecule has 3 amide bonds. The topological polar surface area (TPSA) is 125 Å². The first-order valence-electron chi connectivity index (χ1n) is 17.7. The van der Waals surface area contributed by atoms with E-state index in [1.807, 2.05) is 76.2 Å². The summed E-state index contributed by atoms with van der Waals surface area (Å²) in [7, 11) is 0. The van der Waals surface area contributed by atoms with Gasteiger partial charge >= 0.3 is 5.97 Å². The zero-order valence-corrected chi connectivity index (χ0v) is 29.7. The summed E-state index contributed by atoms with van der Waals surface area (Å²) < 4.78 is 12.9. The molecule has 3 heterocycles. The maximum absolute atomic E-state index is 15.1. The highest BCUT2D eigenvalue weighted by atomic mass is 16.6. The molecule has 268 valence electrons. The number of aliphatic hydroxyl groups excluding tert-OH is 1. The van der Waals surface area contributed by atoms with Crippen molar-refractivity contribution in [2.75, 3.05) is 24.6 Å². The maximum Gasteiger partial charge on any atom is 0.313 e. The minimum absolute atomic E-state index is 0.0498. The monoisotopic (exact) mass is 685 g/mol. The molecule has 10 heteroatoms. The number of amides is 3. The second-order valence-electron chi connectivity index (χ2n) is 14.2. The average molecular weight is 686 g/mol. The molecule has 5 rings (SSSR count). The molecule has 0 saturated carbocycles. The van der Waals surface area contributed by atoms with Gasteiger partial charge in [-0.15, -0.1) is 13.2 Å². The Hall–Kier alpha value is -4.28. The number of anilines is 1. The lowest BCUT2D eigenvalue weighted by Gasteiger charge is -2.40. The van der Waals surface area contributed by atoms with Crippen LogP contribution in [0.3, 0.4) is 0 Å². The summed E-state index contributed by atoms with van der Waals surface area (Å²) in [4.78, 5) is 59.8. The van der Waals surface area contributed by atoms with E-state index in [0.717, 1.165) is 16.8 Å². The predicted octanol–water partition coefficient (Wildman–Crippen LogP) is 4.97. The zero-order valence-electron chi connectivity index (χ0n) is 29.7. The summed E-state index contributed by atoms with van der Waals surface area (Å²) in [6.45, 7) is 15.4. The van der Waals surface area contributed by atoms with Gasteiger partial charge in [0.15, 0.2) is 0 Å². The maximum atomic E-state index is 15.1. The largest absolute Gasteiger partial charge is 0.455 e. The van der Waals surface area contributed by atoms with Gasteiger partial charge in [0.25, 0.3) is 5.91 Å². The number of hydrogen-bond acceptors (Lipinski definition) is 7. The van der Waals surface area contributed by atoms with Crippen LogP contribution in [0.15, 0.2) is 73.8 Å². The second kappa shape index (κ2) is 15.7. The van der Waals surface area contributed by atoms with Gasteiger partial charge in [-0.2, -0.15) is 0 Å². The van der Waals surface area contributed by atoms with Crippen LogP contribution in [-0.2, 0) is 28.7 Å². The molecule has 7 atom stereocenters. The molecule has 2 bridgehead atoms. The Morgan fingerprint density at radius 1 is 1.10 bits per heavy atom. The first kappa shape index (κ1) is 37.0. The van der Waals surface area contributed by atoms with Crippen molar-refractivity contribution < 1.29 is 33.8 Å². The number of esters is 1. The standard InChI is InChI=1S/C40H51N3O7/c1-7-9-18-32(45)41-23-31(28-16-11-10-12-17-28)49-39(48)33-30-19-20-40(50-30)34(33)37(46)43(29(24-44)22-25(3)4)36(40)38(47)42(21-8-2)35-26(5)14-13-15-27(35)6/h7-8,10-17,25,29-31,33-34,36,44H,1-2,9,18-24H2,3-6H3,(H,41,45)/t29-,30+,31-,33-,34-,36+,40-/m1/s1. The first-order valence-corrected chi connectivity index (χ1v) is 17.7. The SMILES string of the molecule is C=CCCC(=O)NC[C@@H](OC(=O)[C@@H]1[C@@H]2CC[C@]3(O2)[C@H](C(=O)N(CC=C)c2c(C)cccc2C)N([C@@H](CO)CC(C)C)C(=O)[C@@H]13)c1ccccc1. The number of aryl methyl sites for hydroxylation is 2. The van der Waals surface area contributed by atoms with Crippen molar-refractivity contribution in [1.82, 2.24) is 10.2 Å². The number of fused-ring (bicyclic) bond motifs is 1. The van der Waals surface area contributed by atoms with Crippen LogP contribution in [0.4, 0.5) is 5.69 Å². The van der Waals surface area contributed by atoms with Crippen LogP contribution < -0.4 is 10.2 Å². The fraction of sp³-hybridized carbons (Fsp3) is 0.500. The number of likely N-dealkylation sites (tertiary alicyclic amines) is 1. The van der Waals surface area contributed by atoms with E-state index in [-0.39, 0.29) is 49.8 Å². The molecule has 0 unspecified atom stereocenters. The molecule has 2 aromatic rings. The normalized spacial score (nSPS) is 24.8. The Balaban J connectivity index is 1.52. The lowest BCUT2D eigenvalue weighted by atomic mass is 9.70. The molecule has 3 saturated heterocycles. The lowest BCUT2D eigenvalue weighted by Crippen LogP contribution is -2.59. The van der Waals surface area contributed by atoms with E-state index in [1.165, 1.54) is 4.90 Å². The van der Waals surface area contributed by atoms with Crippen molar-refractivity contribution in [3.63, 3.8) is 0 Å². The quantitative estimate of drug-likeness (QED) is 0.189. The highest BCUT2D eigenvalue weighted by Gasteiger charge is 2.75. The van der Waals surface area contributed by atoms with Gasteiger partial charge in [-0.1, -0.05) is 74.5 Å². The molecule has 3 aliphatic rings. The minimum atomic E-state index is -1.29. The van der Waals surface area contributed by atoms with Crippen LogP contribution in [0, 0.1) is 31.6 Å². The van der Waals surface area contributed by atoms with Crippen molar-refractivity contribution in [1.29, 1.82) is 0 Å². The smallest absolute Gasteiger partial charge is 0.313 e. The molecular weight excluding hydrogens is 634 g/mol. The van der Waals surface area contributed by atoms with Gasteiger partial charge in [0.05, 0.1) is 37.1 Å². The van der Waals surface area contributed by atoms with E-state index in [1.54, 1.807) is 17.1 Å². The Morgan fingerprint density at radius 2 is 1.80 bits per heavy atom. The van der Waals surface area contributed by atoms with Crippen LogP contribution in [0.25, 0.3) is 0 Å². The Morgan fingerprint density at radius 3 is 2.42 bits per heavy atom. The Labute approximate surface area is 295 Å². The number of benzene rings is 2. The third-order valence-corrected chi connectivity index (χ3v) is 10.4. The number of nitrogens with one attached hydrogen (secondary N) is 1. The number of allylic oxidation sites excluding steroid dienone is 1. The van der Waals surface area contributed by atoms with Gasteiger partial charge in [0.2, 0.25) is 11.8 Å². The fourth-order valence-electron chi connectivity index (χ4n) is 8.29. The van der Waals surface area contributed by atoms with Gasteiger partial charge in [-0.05, 0) is 62.1 Å². The lowest BCUT2D eigenvalue weighted by molar-refractivity contribution is -0.161. The summed E-state index contributed by atoms with van der Waals surface area (Å²) in [5, 5.41) is 13.6. The molecule has 3 aliphatic heterocycles. The predicted molar refractivity (Wildman–Crippen MR) is 191 cm³/mol. The molecule has 10 nitrogen and oxygen atoms in total. The molecule has 1 spiro atoms. The van der Waals surface area contributed by atoms with Gasteiger partial charge in [0.1, 0.15) is 17.7 Å². The van der Waals surface area contributed by atoms with Gasteiger partial charge in [-0.3, -0.25) is 19.2 Å². The van der Waals surface area contributed by atoms with Gasteiger partial charge in [-0.25, -0.2) is 0 Å². The van der Waals surface area contributed by atoms with E-state index < -0.39 is 47.7 Å². The van der Waals surface area contributed by atoms with Crippen molar-refractivity contribution in [3.05, 3.63) is 90.5 Å². The first-order chi connectivity index (χ1) is 24.0. The zero-order chi connectivity index (χ0) is 36.2. The number of rotatable bonds is 16. The van der Waals surface area contributed by atoms with Gasteiger partial charge < -0.3 is 29.7 Å². The molecule has 0 aromatic heterocycles. The van der Waals surface area contributed by atoms with Crippen LogP contribution in [0.5, 0.6) is 0 Å². The van der Waals surface area contributed by atoms with Crippen LogP contribution in [-0.4, -0.2) is 77.2 Å². The number of ether oxygens (including phenoxy) is 2. The molecule has 50 heavy (non-hydrogen) atoms. The van der Waals surface area contributed by atoms with Gasteiger partial charge in [0, 0.05) is 18.7 Å². The molecule has 2 aromatic carbocycles. The van der Waals surface area contributed by atoms with Crippen LogP contribution >= 0.6 is 0 Å². The summed E-state index contributed by atoms with van der Waals surface area (Å²) in [5.41, 5.74) is 1.94. The molecule has 2 N–H and O–H groups in total. The highest BCUT2D eigenvalue weighted by Crippen LogP contribution is 2.59. The van der Waals surface area contributed by atoms with E-state index >= 15 is 4.79 Å². The number of aliphatic hydroxyl groups is 1. The molecule has 3 fully saturated rings. The van der Waals surface area contributed by atoms with Crippen molar-refractivity contribution in [2.24, 2.45) is 17.8 Å². The van der Waals surface area contributed by atoms with E-state index in [9.17, 15) is 19.5 Å². The van der Waals surface area contributed by atoms with E-state index in [0.29, 0.717) is 31.2 Å². The Kier molecular flexibility index (Phi) is 11.6. The highest BCUT2D eigenvalue weighted by molar-refractivity contribution is 6.05. The number of carbonyl (C=O) groups excluding carboxylic acids is 4. The van der Waals surface area contributed by atoms with Crippen molar-refractivity contribution in [2.45, 2.75) is 89.7 Å². The second-order valence-corrected chi connectivity index (χ2v) is 14.2. The average Bonchev–Trinajstić information content (AvgIpc) is 3.74. The molecule has 0 aliphatic carbocycles. The number of para-hydroxylation sites is 1. The molecule has 0 radical (unpaired) electrons. The number of hydrogen-bond donors (Lipinski definition) is 2. The summed E-state index contributed by atoms with van der Waals surface area (Å²) in [6.07, 6.45) is 3.99. The summed E-state index contributed by atoms with van der Waals surface area (Å²) in [5.74, 6) is -3.36. The van der Waals surface area contributed by atoms with E-state index in [4.69, 9.17) is 9.47 Å². The van der Waals surface area contributed by atoms with Crippen LogP contribution in [0.2, 0.25) is 0 Å². The number of nitrogens with zero attached hydrogens (tertiary/aromatic N) is 2. The summed E-state index contributed by atoms with van der Waals surface area (Å²) >= 11 is 0. The summed E-state index contributed by atoms with van der Waals surface area (Å²) in [6, 6.07) is 13.2. The minimum Gasteiger partial charge on any atom is -0.455 e.